The van der Waals surface area contributed by atoms with Crippen LogP contribution in [0.1, 0.15) is 15.9 Å². The van der Waals surface area contributed by atoms with Crippen molar-refractivity contribution in [3.63, 3.8) is 0 Å². The highest BCUT2D eigenvalue weighted by atomic mass is 32.2. The molecule has 0 unspecified atom stereocenters. The lowest BCUT2D eigenvalue weighted by atomic mass is 10.1. The van der Waals surface area contributed by atoms with Crippen molar-refractivity contribution in [2.45, 2.75) is 0 Å². The summed E-state index contributed by atoms with van der Waals surface area (Å²) in [6.07, 6.45) is 1.71. The number of amides is 1. The monoisotopic (exact) mass is 428 g/mol. The molecule has 0 aromatic heterocycles. The van der Waals surface area contributed by atoms with E-state index in [1.165, 1.54) is 50.1 Å². The maximum Gasteiger partial charge on any atom is 0.335 e. The van der Waals surface area contributed by atoms with Gasteiger partial charge in [-0.3, -0.25) is 9.69 Å². The number of nitrogens with zero attached hydrogens (tertiary/aromatic N) is 2. The number of hydrogen-bond donors (Lipinski definition) is 1. The summed E-state index contributed by atoms with van der Waals surface area (Å²) in [7, 11) is 6.18. The molecule has 8 nitrogen and oxygen atoms in total. The highest BCUT2D eigenvalue weighted by Crippen LogP contribution is 2.40. The Balaban J connectivity index is 1.95. The summed E-state index contributed by atoms with van der Waals surface area (Å²) in [6.45, 7) is 0. The average molecular weight is 428 g/mol. The summed E-state index contributed by atoms with van der Waals surface area (Å²) in [6, 6.07) is 9.71. The number of methoxy groups -OCH3 is 3. The molecule has 0 aliphatic carbocycles. The summed E-state index contributed by atoms with van der Waals surface area (Å²) >= 11 is 1.19. The van der Waals surface area contributed by atoms with Crippen LogP contribution in [0.2, 0.25) is 0 Å². The Morgan fingerprint density at radius 1 is 1.10 bits per heavy atom. The van der Waals surface area contributed by atoms with Crippen molar-refractivity contribution in [3.05, 3.63) is 52.4 Å². The molecule has 0 bridgehead atoms. The number of benzene rings is 2. The molecule has 1 aliphatic rings. The predicted octanol–water partition coefficient (Wildman–Crippen LogP) is 3.64. The molecule has 156 valence electrons. The van der Waals surface area contributed by atoms with Crippen molar-refractivity contribution in [2.24, 2.45) is 4.99 Å². The first kappa shape index (κ1) is 21.3. The molecular formula is C21H20N2O6S. The van der Waals surface area contributed by atoms with Crippen LogP contribution in [0.4, 0.5) is 5.69 Å². The van der Waals surface area contributed by atoms with Crippen molar-refractivity contribution in [1.29, 1.82) is 0 Å². The number of ether oxygens (including phenoxy) is 3. The fourth-order valence-corrected chi connectivity index (χ4v) is 3.79. The summed E-state index contributed by atoms with van der Waals surface area (Å²) in [5.41, 5.74) is 1.27. The number of rotatable bonds is 6. The fourth-order valence-electron chi connectivity index (χ4n) is 2.81. The molecule has 0 spiro atoms. The zero-order chi connectivity index (χ0) is 21.8. The van der Waals surface area contributed by atoms with E-state index in [1.54, 1.807) is 37.4 Å². The Hall–Kier alpha value is -3.46. The number of amidine groups is 1. The van der Waals surface area contributed by atoms with Crippen molar-refractivity contribution in [2.75, 3.05) is 28.4 Å². The number of aliphatic imine (C=N–C) groups is 1. The molecule has 0 radical (unpaired) electrons. The SMILES string of the molecule is COc1cc(/C=C2\SC(=Nc3cccc(C(=O)O)c3)N(C)C2=O)cc(OC)c1OC. The van der Waals surface area contributed by atoms with Gasteiger partial charge in [0.05, 0.1) is 37.5 Å². The van der Waals surface area contributed by atoms with Gasteiger partial charge in [0.15, 0.2) is 16.7 Å². The van der Waals surface area contributed by atoms with E-state index in [0.717, 1.165) is 0 Å². The minimum atomic E-state index is -1.04. The fraction of sp³-hybridized carbons (Fsp3) is 0.190. The first-order chi connectivity index (χ1) is 14.4. The predicted molar refractivity (Wildman–Crippen MR) is 115 cm³/mol. The van der Waals surface area contributed by atoms with E-state index in [4.69, 9.17) is 19.3 Å². The van der Waals surface area contributed by atoms with Gasteiger partial charge in [0.25, 0.3) is 5.91 Å². The molecule has 2 aromatic rings. The lowest BCUT2D eigenvalue weighted by Gasteiger charge is -2.13. The third-order valence-corrected chi connectivity index (χ3v) is 5.37. The second-order valence-electron chi connectivity index (χ2n) is 6.18. The third-order valence-electron chi connectivity index (χ3n) is 4.31. The van der Waals surface area contributed by atoms with Crippen LogP contribution in [-0.4, -0.2) is 55.4 Å². The molecule has 1 aliphatic heterocycles. The molecule has 9 heteroatoms. The van der Waals surface area contributed by atoms with Crippen molar-refractivity contribution >= 4 is 40.6 Å². The lowest BCUT2D eigenvalue weighted by Crippen LogP contribution is -2.23. The molecule has 2 aromatic carbocycles. The van der Waals surface area contributed by atoms with Gasteiger partial charge in [-0.05, 0) is 53.7 Å². The molecule has 1 saturated heterocycles. The van der Waals surface area contributed by atoms with E-state index in [-0.39, 0.29) is 11.5 Å². The summed E-state index contributed by atoms with van der Waals surface area (Å²) in [5.74, 6) is 0.161. The lowest BCUT2D eigenvalue weighted by molar-refractivity contribution is -0.121. The maximum absolute atomic E-state index is 12.7. The zero-order valence-electron chi connectivity index (χ0n) is 16.8. The van der Waals surface area contributed by atoms with Gasteiger partial charge in [-0.1, -0.05) is 6.07 Å². The molecule has 1 N–H and O–H groups in total. The summed E-state index contributed by atoms with van der Waals surface area (Å²) in [4.78, 5) is 30.2. The zero-order valence-corrected chi connectivity index (χ0v) is 17.6. The van der Waals surface area contributed by atoms with E-state index in [9.17, 15) is 9.59 Å². The van der Waals surface area contributed by atoms with Crippen molar-refractivity contribution in [3.8, 4) is 17.2 Å². The quantitative estimate of drug-likeness (QED) is 0.702. The number of thioether (sulfide) groups is 1. The maximum atomic E-state index is 12.7. The van der Waals surface area contributed by atoms with Crippen LogP contribution in [0.5, 0.6) is 17.2 Å². The van der Waals surface area contributed by atoms with Gasteiger partial charge in [0, 0.05) is 7.05 Å². The molecule has 0 atom stereocenters. The van der Waals surface area contributed by atoms with Gasteiger partial charge in [-0.15, -0.1) is 0 Å². The number of likely N-dealkylation sites (N-methyl/N-ethyl adjacent to an activating group) is 1. The van der Waals surface area contributed by atoms with Crippen LogP contribution in [0, 0.1) is 0 Å². The Kier molecular flexibility index (Phi) is 6.31. The molecule has 3 rings (SSSR count). The minimum absolute atomic E-state index is 0.127. The van der Waals surface area contributed by atoms with Crippen LogP contribution < -0.4 is 14.2 Å². The molecular weight excluding hydrogens is 408 g/mol. The summed E-state index contributed by atoms with van der Waals surface area (Å²) in [5, 5.41) is 9.58. The smallest absolute Gasteiger partial charge is 0.335 e. The van der Waals surface area contributed by atoms with E-state index >= 15 is 0 Å². The number of aromatic carboxylic acids is 1. The van der Waals surface area contributed by atoms with Crippen LogP contribution >= 0.6 is 11.8 Å². The molecule has 0 saturated carbocycles. The third kappa shape index (κ3) is 4.25. The van der Waals surface area contributed by atoms with Gasteiger partial charge in [0.1, 0.15) is 0 Å². The highest BCUT2D eigenvalue weighted by molar-refractivity contribution is 8.18. The first-order valence-corrected chi connectivity index (χ1v) is 9.59. The number of carboxylic acids is 1. The largest absolute Gasteiger partial charge is 0.493 e. The molecule has 1 amide bonds. The Morgan fingerprint density at radius 3 is 2.33 bits per heavy atom. The van der Waals surface area contributed by atoms with E-state index in [1.807, 2.05) is 0 Å². The van der Waals surface area contributed by atoms with Gasteiger partial charge in [0.2, 0.25) is 5.75 Å². The van der Waals surface area contributed by atoms with Gasteiger partial charge >= 0.3 is 5.97 Å². The van der Waals surface area contributed by atoms with Gasteiger partial charge in [-0.2, -0.15) is 0 Å². The van der Waals surface area contributed by atoms with Crippen LogP contribution in [0.25, 0.3) is 6.08 Å². The molecule has 1 heterocycles. The summed E-state index contributed by atoms with van der Waals surface area (Å²) < 4.78 is 16.0. The number of carboxylic acid groups (broad SMARTS) is 1. The Morgan fingerprint density at radius 2 is 1.77 bits per heavy atom. The topological polar surface area (TPSA) is 97.7 Å². The second-order valence-corrected chi connectivity index (χ2v) is 7.19. The molecule has 1 fully saturated rings. The minimum Gasteiger partial charge on any atom is -0.493 e. The van der Waals surface area contributed by atoms with Crippen LogP contribution in [0.15, 0.2) is 46.3 Å². The van der Waals surface area contributed by atoms with Gasteiger partial charge < -0.3 is 19.3 Å². The number of carbonyl (C=O) groups is 2. The van der Waals surface area contributed by atoms with Gasteiger partial charge in [-0.25, -0.2) is 9.79 Å². The number of carbonyl (C=O) groups excluding carboxylic acids is 1. The Labute approximate surface area is 177 Å². The van der Waals surface area contributed by atoms with Crippen molar-refractivity contribution in [1.82, 2.24) is 4.90 Å². The standard InChI is InChI=1S/C21H20N2O6S/c1-23-19(24)17(10-12-8-15(27-2)18(29-4)16(9-12)28-3)30-21(23)22-14-7-5-6-13(11-14)20(25)26/h5-11H,1-4H3,(H,25,26)/b17-10-,22-21?. The molecule has 30 heavy (non-hydrogen) atoms. The van der Waals surface area contributed by atoms with Crippen molar-refractivity contribution < 1.29 is 28.9 Å². The van der Waals surface area contributed by atoms with E-state index < -0.39 is 5.97 Å². The second kappa shape index (κ2) is 8.91. The normalized spacial score (nSPS) is 16.3. The Bertz CT molecular complexity index is 1040. The van der Waals surface area contributed by atoms with E-state index in [2.05, 4.69) is 4.99 Å². The van der Waals surface area contributed by atoms with E-state index in [0.29, 0.717) is 38.6 Å². The average Bonchev–Trinajstić information content (AvgIpc) is 3.00. The van der Waals surface area contributed by atoms with Crippen LogP contribution in [0.3, 0.4) is 0 Å². The number of hydrogen-bond acceptors (Lipinski definition) is 7. The first-order valence-electron chi connectivity index (χ1n) is 8.77. The van der Waals surface area contributed by atoms with Crippen LogP contribution in [-0.2, 0) is 4.79 Å². The highest BCUT2D eigenvalue weighted by Gasteiger charge is 2.30.